The molecule has 2 aromatic rings. The zero-order valence-electron chi connectivity index (χ0n) is 10.6. The van der Waals surface area contributed by atoms with Crippen molar-refractivity contribution in [3.05, 3.63) is 67.8 Å². The Balaban J connectivity index is 1.80. The second kappa shape index (κ2) is 5.77. The van der Waals surface area contributed by atoms with Crippen LogP contribution in [0.1, 0.15) is 23.6 Å². The van der Waals surface area contributed by atoms with Crippen molar-refractivity contribution in [2.24, 2.45) is 0 Å². The second-order valence-electron chi connectivity index (χ2n) is 4.80. The Labute approximate surface area is 140 Å². The molecular weight excluding hydrogens is 429 g/mol. The molecule has 1 atom stereocenters. The molecule has 0 spiro atoms. The second-order valence-corrected chi connectivity index (χ2v) is 6.96. The maximum absolute atomic E-state index is 10.1. The molecule has 1 aliphatic rings. The summed E-state index contributed by atoms with van der Waals surface area (Å²) in [6, 6.07) is 14.3. The zero-order chi connectivity index (χ0) is 14.1. The van der Waals surface area contributed by atoms with E-state index in [1.54, 1.807) is 6.07 Å². The fourth-order valence-electron chi connectivity index (χ4n) is 2.42. The van der Waals surface area contributed by atoms with E-state index in [2.05, 4.69) is 68.1 Å². The van der Waals surface area contributed by atoms with Gasteiger partial charge in [-0.15, -0.1) is 0 Å². The van der Waals surface area contributed by atoms with Crippen LogP contribution in [0.25, 0.3) is 5.57 Å². The van der Waals surface area contributed by atoms with E-state index in [1.807, 2.05) is 18.3 Å². The molecule has 0 aliphatic carbocycles. The molecule has 0 amide bonds. The molecule has 102 valence electrons. The summed E-state index contributed by atoms with van der Waals surface area (Å²) in [5.41, 5.74) is 3.44. The van der Waals surface area contributed by atoms with E-state index in [0.717, 1.165) is 16.5 Å². The maximum atomic E-state index is 10.1. The molecule has 4 heteroatoms. The van der Waals surface area contributed by atoms with Crippen molar-refractivity contribution in [1.29, 1.82) is 0 Å². The molecule has 1 heterocycles. The summed E-state index contributed by atoms with van der Waals surface area (Å²) in [7, 11) is 0. The van der Waals surface area contributed by atoms with Gasteiger partial charge in [0.2, 0.25) is 0 Å². The highest BCUT2D eigenvalue weighted by Gasteiger charge is 2.21. The minimum absolute atomic E-state index is 0.136. The first-order chi connectivity index (χ1) is 9.63. The van der Waals surface area contributed by atoms with Gasteiger partial charge in [-0.25, -0.2) is 0 Å². The van der Waals surface area contributed by atoms with Crippen LogP contribution >= 0.6 is 38.5 Å². The van der Waals surface area contributed by atoms with Gasteiger partial charge in [-0.2, -0.15) is 0 Å². The van der Waals surface area contributed by atoms with Crippen molar-refractivity contribution in [2.45, 2.75) is 12.5 Å². The molecule has 2 N–H and O–H groups in total. The standard InChI is InChI=1S/C16H13BrINO/c17-12-3-6-14(16(20)8-12)15-7-11(9-19-15)10-1-4-13(18)5-2-10/h1-6,8-9,15,19-20H,7H2. The van der Waals surface area contributed by atoms with Crippen LogP contribution < -0.4 is 5.32 Å². The predicted molar refractivity (Wildman–Crippen MR) is 93.4 cm³/mol. The first kappa shape index (κ1) is 13.9. The summed E-state index contributed by atoms with van der Waals surface area (Å²) < 4.78 is 2.13. The fourth-order valence-corrected chi connectivity index (χ4v) is 3.12. The third-order valence-corrected chi connectivity index (χ3v) is 4.68. The van der Waals surface area contributed by atoms with Gasteiger partial charge in [0.25, 0.3) is 0 Å². The predicted octanol–water partition coefficient (Wildman–Crippen LogP) is 4.83. The number of phenolic OH excluding ortho intramolecular Hbond substituents is 1. The van der Waals surface area contributed by atoms with Crippen molar-refractivity contribution in [1.82, 2.24) is 5.32 Å². The number of aromatic hydroxyl groups is 1. The van der Waals surface area contributed by atoms with Crippen LogP contribution in [0.2, 0.25) is 0 Å². The molecule has 1 unspecified atom stereocenters. The normalized spacial score (nSPS) is 17.7. The molecule has 0 saturated carbocycles. The first-order valence-corrected chi connectivity index (χ1v) is 8.20. The lowest BCUT2D eigenvalue weighted by atomic mass is 9.98. The van der Waals surface area contributed by atoms with Crippen LogP contribution in [-0.2, 0) is 0 Å². The van der Waals surface area contributed by atoms with Crippen LogP contribution in [0.4, 0.5) is 0 Å². The van der Waals surface area contributed by atoms with Crippen LogP contribution in [-0.4, -0.2) is 5.11 Å². The highest BCUT2D eigenvalue weighted by molar-refractivity contribution is 14.1. The monoisotopic (exact) mass is 441 g/mol. The largest absolute Gasteiger partial charge is 0.508 e. The molecule has 0 aromatic heterocycles. The molecule has 0 radical (unpaired) electrons. The van der Waals surface area contributed by atoms with Gasteiger partial charge in [0, 0.05) is 19.8 Å². The Morgan fingerprint density at radius 3 is 2.60 bits per heavy atom. The van der Waals surface area contributed by atoms with Gasteiger partial charge < -0.3 is 10.4 Å². The molecule has 3 rings (SSSR count). The summed E-state index contributed by atoms with van der Waals surface area (Å²) in [5.74, 6) is 0.328. The Kier molecular flexibility index (Phi) is 4.03. The first-order valence-electron chi connectivity index (χ1n) is 6.33. The summed E-state index contributed by atoms with van der Waals surface area (Å²) in [6.07, 6.45) is 2.93. The van der Waals surface area contributed by atoms with Crippen molar-refractivity contribution < 1.29 is 5.11 Å². The number of halogens is 2. The number of hydrogen-bond donors (Lipinski definition) is 2. The highest BCUT2D eigenvalue weighted by Crippen LogP contribution is 2.36. The third-order valence-electron chi connectivity index (χ3n) is 3.47. The number of phenols is 1. The van der Waals surface area contributed by atoms with Gasteiger partial charge in [0.15, 0.2) is 0 Å². The summed E-state index contributed by atoms with van der Waals surface area (Å²) in [5, 5.41) is 13.4. The van der Waals surface area contributed by atoms with Gasteiger partial charge in [0.05, 0.1) is 6.04 Å². The summed E-state index contributed by atoms with van der Waals surface area (Å²) in [6.45, 7) is 0. The van der Waals surface area contributed by atoms with Crippen molar-refractivity contribution in [3.8, 4) is 5.75 Å². The molecule has 0 saturated heterocycles. The quantitative estimate of drug-likeness (QED) is 0.654. The van der Waals surface area contributed by atoms with Crippen molar-refractivity contribution in [2.75, 3.05) is 0 Å². The Morgan fingerprint density at radius 2 is 1.90 bits per heavy atom. The molecule has 2 nitrogen and oxygen atoms in total. The summed E-state index contributed by atoms with van der Waals surface area (Å²) >= 11 is 5.67. The fraction of sp³-hybridized carbons (Fsp3) is 0.125. The van der Waals surface area contributed by atoms with E-state index in [1.165, 1.54) is 14.7 Å². The topological polar surface area (TPSA) is 32.3 Å². The summed E-state index contributed by atoms with van der Waals surface area (Å²) in [4.78, 5) is 0. The lowest BCUT2D eigenvalue weighted by molar-refractivity contribution is 0.458. The number of rotatable bonds is 2. The van der Waals surface area contributed by atoms with E-state index in [9.17, 15) is 5.11 Å². The van der Waals surface area contributed by atoms with Gasteiger partial charge in [0.1, 0.15) is 5.75 Å². The molecule has 0 fully saturated rings. The van der Waals surface area contributed by atoms with Crippen LogP contribution in [0.15, 0.2) is 53.1 Å². The van der Waals surface area contributed by atoms with Gasteiger partial charge in [-0.3, -0.25) is 0 Å². The lowest BCUT2D eigenvalue weighted by Gasteiger charge is -2.14. The highest BCUT2D eigenvalue weighted by atomic mass is 127. The van der Waals surface area contributed by atoms with E-state index in [0.29, 0.717) is 5.75 Å². The zero-order valence-corrected chi connectivity index (χ0v) is 14.3. The Bertz CT molecular complexity index is 667. The van der Waals surface area contributed by atoms with Crippen LogP contribution in [0.5, 0.6) is 5.75 Å². The van der Waals surface area contributed by atoms with E-state index < -0.39 is 0 Å². The average Bonchev–Trinajstić information content (AvgIpc) is 2.89. The van der Waals surface area contributed by atoms with Crippen molar-refractivity contribution in [3.63, 3.8) is 0 Å². The van der Waals surface area contributed by atoms with Crippen LogP contribution in [0, 0.1) is 3.57 Å². The molecule has 1 aliphatic heterocycles. The van der Waals surface area contributed by atoms with Gasteiger partial charge in [-0.05, 0) is 64.4 Å². The molecular formula is C16H13BrINO. The van der Waals surface area contributed by atoms with Crippen molar-refractivity contribution >= 4 is 44.1 Å². The molecule has 0 bridgehead atoms. The SMILES string of the molecule is Oc1cc(Br)ccc1C1CC(c2ccc(I)cc2)=CN1. The smallest absolute Gasteiger partial charge is 0.121 e. The Hall–Kier alpha value is -1.01. The molecule has 20 heavy (non-hydrogen) atoms. The third kappa shape index (κ3) is 2.86. The average molecular weight is 442 g/mol. The number of nitrogens with one attached hydrogen (secondary N) is 1. The van der Waals surface area contributed by atoms with Crippen LogP contribution in [0.3, 0.4) is 0 Å². The minimum Gasteiger partial charge on any atom is -0.508 e. The Morgan fingerprint density at radius 1 is 1.15 bits per heavy atom. The number of hydrogen-bond acceptors (Lipinski definition) is 2. The lowest BCUT2D eigenvalue weighted by Crippen LogP contribution is -2.09. The maximum Gasteiger partial charge on any atom is 0.121 e. The van der Waals surface area contributed by atoms with E-state index in [-0.39, 0.29) is 6.04 Å². The van der Waals surface area contributed by atoms with E-state index in [4.69, 9.17) is 0 Å². The number of benzene rings is 2. The van der Waals surface area contributed by atoms with E-state index >= 15 is 0 Å². The van der Waals surface area contributed by atoms with Gasteiger partial charge in [-0.1, -0.05) is 34.1 Å². The van der Waals surface area contributed by atoms with Gasteiger partial charge >= 0.3 is 0 Å². The minimum atomic E-state index is 0.136. The molecule has 2 aromatic carbocycles.